The molecule has 0 aliphatic carbocycles. The molecule has 1 amide bonds. The van der Waals surface area contributed by atoms with Gasteiger partial charge in [0.1, 0.15) is 17.2 Å². The van der Waals surface area contributed by atoms with E-state index in [2.05, 4.69) is 20.5 Å². The Morgan fingerprint density at radius 2 is 2.17 bits per heavy atom. The highest BCUT2D eigenvalue weighted by molar-refractivity contribution is 7.99. The third-order valence-corrected chi connectivity index (χ3v) is 4.16. The summed E-state index contributed by atoms with van der Waals surface area (Å²) in [4.78, 5) is 15.8. The van der Waals surface area contributed by atoms with Crippen LogP contribution < -0.4 is 5.32 Å². The van der Waals surface area contributed by atoms with Crippen LogP contribution >= 0.6 is 23.4 Å². The fraction of sp³-hybridized carbons (Fsp3) is 0.0667. The number of anilines is 1. The molecule has 1 N–H and O–H groups in total. The third kappa shape index (κ3) is 4.09. The molecule has 0 fully saturated rings. The molecule has 0 saturated carbocycles. The van der Waals surface area contributed by atoms with E-state index in [1.807, 2.05) is 0 Å². The zero-order valence-corrected chi connectivity index (χ0v) is 13.8. The zero-order valence-electron chi connectivity index (χ0n) is 12.2. The lowest BCUT2D eigenvalue weighted by molar-refractivity contribution is -0.113. The lowest BCUT2D eigenvalue weighted by Crippen LogP contribution is -2.14. The van der Waals surface area contributed by atoms with Gasteiger partial charge in [-0.25, -0.2) is 9.37 Å². The van der Waals surface area contributed by atoms with Crippen molar-refractivity contribution in [3.8, 4) is 5.82 Å². The van der Waals surface area contributed by atoms with Gasteiger partial charge in [0.2, 0.25) is 5.91 Å². The third-order valence-electron chi connectivity index (χ3n) is 2.95. The topological polar surface area (TPSA) is 72.7 Å². The van der Waals surface area contributed by atoms with Crippen LogP contribution in [0.1, 0.15) is 0 Å². The average Bonchev–Trinajstić information content (AvgIpc) is 3.11. The molecule has 2 aromatic heterocycles. The summed E-state index contributed by atoms with van der Waals surface area (Å²) in [5.41, 5.74) is 0.438. The van der Waals surface area contributed by atoms with Crippen molar-refractivity contribution < 1.29 is 9.18 Å². The lowest BCUT2D eigenvalue weighted by atomic mass is 10.3. The number of benzene rings is 1. The molecule has 0 spiro atoms. The van der Waals surface area contributed by atoms with Crippen molar-refractivity contribution in [1.82, 2.24) is 19.7 Å². The van der Waals surface area contributed by atoms with E-state index >= 15 is 0 Å². The van der Waals surface area contributed by atoms with Crippen molar-refractivity contribution in [3.05, 3.63) is 59.9 Å². The van der Waals surface area contributed by atoms with Crippen LogP contribution in [-0.4, -0.2) is 31.4 Å². The fourth-order valence-corrected chi connectivity index (χ4v) is 2.63. The van der Waals surface area contributed by atoms with Gasteiger partial charge >= 0.3 is 0 Å². The standard InChI is InChI=1S/C15H11ClFN5OS/c16-11-7-10(1-2-12(11)17)19-14(23)8-24-15-4-3-13(20-21-15)22-6-5-18-9-22/h1-7,9H,8H2,(H,19,23). The minimum atomic E-state index is -0.530. The molecule has 122 valence electrons. The number of halogens is 2. The number of hydrogen-bond donors (Lipinski definition) is 1. The Kier molecular flexibility index (Phi) is 5.07. The van der Waals surface area contributed by atoms with Gasteiger partial charge in [0.15, 0.2) is 5.82 Å². The Bertz CT molecular complexity index is 842. The van der Waals surface area contributed by atoms with Crippen molar-refractivity contribution in [3.63, 3.8) is 0 Å². The first kappa shape index (κ1) is 16.4. The van der Waals surface area contributed by atoms with Crippen LogP contribution in [0.4, 0.5) is 10.1 Å². The van der Waals surface area contributed by atoms with Crippen LogP contribution in [0.3, 0.4) is 0 Å². The lowest BCUT2D eigenvalue weighted by Gasteiger charge is -2.06. The van der Waals surface area contributed by atoms with E-state index in [9.17, 15) is 9.18 Å². The Morgan fingerprint density at radius 3 is 2.83 bits per heavy atom. The highest BCUT2D eigenvalue weighted by Gasteiger charge is 2.07. The molecule has 3 rings (SSSR count). The molecule has 9 heteroatoms. The van der Waals surface area contributed by atoms with Crippen LogP contribution in [-0.2, 0) is 4.79 Å². The molecule has 6 nitrogen and oxygen atoms in total. The van der Waals surface area contributed by atoms with Gasteiger partial charge in [0, 0.05) is 18.1 Å². The molecule has 0 bridgehead atoms. The van der Waals surface area contributed by atoms with E-state index in [1.165, 1.54) is 30.0 Å². The van der Waals surface area contributed by atoms with E-state index in [0.29, 0.717) is 16.5 Å². The van der Waals surface area contributed by atoms with E-state index < -0.39 is 5.82 Å². The molecular weight excluding hydrogens is 353 g/mol. The molecule has 0 radical (unpaired) electrons. The van der Waals surface area contributed by atoms with Gasteiger partial charge in [-0.05, 0) is 30.3 Å². The smallest absolute Gasteiger partial charge is 0.234 e. The molecule has 2 heterocycles. The molecule has 3 aromatic rings. The second kappa shape index (κ2) is 7.41. The Balaban J connectivity index is 1.55. The highest BCUT2D eigenvalue weighted by atomic mass is 35.5. The zero-order chi connectivity index (χ0) is 16.9. The van der Waals surface area contributed by atoms with Gasteiger partial charge in [-0.3, -0.25) is 9.36 Å². The van der Waals surface area contributed by atoms with Gasteiger partial charge in [0.05, 0.1) is 10.8 Å². The molecule has 0 unspecified atom stereocenters. The SMILES string of the molecule is O=C(CSc1ccc(-n2ccnc2)nn1)Nc1ccc(F)c(Cl)c1. The van der Waals surface area contributed by atoms with Crippen LogP contribution in [0, 0.1) is 5.82 Å². The Morgan fingerprint density at radius 1 is 1.29 bits per heavy atom. The predicted octanol–water partition coefficient (Wildman–Crippen LogP) is 3.19. The summed E-state index contributed by atoms with van der Waals surface area (Å²) >= 11 is 6.91. The number of amides is 1. The van der Waals surface area contributed by atoms with Gasteiger partial charge in [-0.15, -0.1) is 10.2 Å². The predicted molar refractivity (Wildman–Crippen MR) is 89.9 cm³/mol. The Labute approximate surface area is 146 Å². The second-order valence-electron chi connectivity index (χ2n) is 4.67. The molecule has 0 atom stereocenters. The monoisotopic (exact) mass is 363 g/mol. The molecule has 0 aliphatic heterocycles. The molecule has 0 saturated heterocycles. The van der Waals surface area contributed by atoms with E-state index in [1.54, 1.807) is 35.4 Å². The summed E-state index contributed by atoms with van der Waals surface area (Å²) < 4.78 is 14.8. The maximum Gasteiger partial charge on any atom is 0.234 e. The first-order valence-electron chi connectivity index (χ1n) is 6.81. The van der Waals surface area contributed by atoms with Crippen molar-refractivity contribution in [2.24, 2.45) is 0 Å². The molecule has 1 aromatic carbocycles. The number of nitrogens with zero attached hydrogens (tertiary/aromatic N) is 4. The summed E-state index contributed by atoms with van der Waals surface area (Å²) in [5, 5.41) is 11.3. The molecule has 24 heavy (non-hydrogen) atoms. The Hall–Kier alpha value is -2.45. The van der Waals surface area contributed by atoms with Gasteiger partial charge in [-0.2, -0.15) is 0 Å². The number of nitrogens with one attached hydrogen (secondary N) is 1. The van der Waals surface area contributed by atoms with Crippen LogP contribution in [0.2, 0.25) is 5.02 Å². The van der Waals surface area contributed by atoms with E-state index in [4.69, 9.17) is 11.6 Å². The first-order chi connectivity index (χ1) is 11.6. The van der Waals surface area contributed by atoms with Gasteiger partial charge in [0.25, 0.3) is 0 Å². The fourth-order valence-electron chi connectivity index (χ4n) is 1.83. The van der Waals surface area contributed by atoms with Crippen LogP contribution in [0.25, 0.3) is 5.82 Å². The van der Waals surface area contributed by atoms with Crippen molar-refractivity contribution in [2.75, 3.05) is 11.1 Å². The average molecular weight is 364 g/mol. The second-order valence-corrected chi connectivity index (χ2v) is 6.07. The number of thioether (sulfide) groups is 1. The summed E-state index contributed by atoms with van der Waals surface area (Å²) in [7, 11) is 0. The van der Waals surface area contributed by atoms with Crippen LogP contribution in [0.15, 0.2) is 54.1 Å². The molecule has 0 aliphatic rings. The number of rotatable bonds is 5. The van der Waals surface area contributed by atoms with Crippen molar-refractivity contribution in [1.29, 1.82) is 0 Å². The number of aromatic nitrogens is 4. The summed E-state index contributed by atoms with van der Waals surface area (Å²) in [5.74, 6) is 0.0105. The van der Waals surface area contributed by atoms with E-state index in [-0.39, 0.29) is 16.7 Å². The van der Waals surface area contributed by atoms with Gasteiger partial charge in [-0.1, -0.05) is 23.4 Å². The number of hydrogen-bond acceptors (Lipinski definition) is 5. The van der Waals surface area contributed by atoms with Crippen LogP contribution in [0.5, 0.6) is 0 Å². The summed E-state index contributed by atoms with van der Waals surface area (Å²) in [6, 6.07) is 7.57. The largest absolute Gasteiger partial charge is 0.325 e. The quantitative estimate of drug-likeness (QED) is 0.705. The minimum Gasteiger partial charge on any atom is -0.325 e. The maximum absolute atomic E-state index is 13.1. The highest BCUT2D eigenvalue weighted by Crippen LogP contribution is 2.20. The van der Waals surface area contributed by atoms with Crippen molar-refractivity contribution >= 4 is 35.0 Å². The maximum atomic E-state index is 13.1. The normalized spacial score (nSPS) is 10.6. The van der Waals surface area contributed by atoms with E-state index in [0.717, 1.165) is 0 Å². The number of carbonyl (C=O) groups is 1. The number of imidazole rings is 1. The molecular formula is C15H11ClFN5OS. The summed E-state index contributed by atoms with van der Waals surface area (Å²) in [6.07, 6.45) is 5.03. The summed E-state index contributed by atoms with van der Waals surface area (Å²) in [6.45, 7) is 0. The number of carbonyl (C=O) groups excluding carboxylic acids is 1. The first-order valence-corrected chi connectivity index (χ1v) is 8.18. The van der Waals surface area contributed by atoms with Gasteiger partial charge < -0.3 is 5.32 Å². The van der Waals surface area contributed by atoms with Crippen molar-refractivity contribution in [2.45, 2.75) is 5.03 Å². The minimum absolute atomic E-state index is 0.0404.